The topological polar surface area (TPSA) is 128 Å². The monoisotopic (exact) mass is 577 g/mol. The molecule has 12 heteroatoms. The molecule has 0 unspecified atom stereocenters. The number of aromatic amines is 1. The molecule has 2 saturated heterocycles. The van der Waals surface area contributed by atoms with Crippen LogP contribution in [0.1, 0.15) is 23.2 Å². The van der Waals surface area contributed by atoms with Crippen LogP contribution in [-0.2, 0) is 14.8 Å². The second-order valence-corrected chi connectivity index (χ2v) is 12.0. The van der Waals surface area contributed by atoms with Crippen LogP contribution < -0.4 is 5.32 Å². The first-order valence-electron chi connectivity index (χ1n) is 11.8. The van der Waals surface area contributed by atoms with E-state index in [1.54, 1.807) is 18.2 Å². The number of benzene rings is 1. The van der Waals surface area contributed by atoms with Crippen LogP contribution in [0.4, 0.5) is 0 Å². The quantitative estimate of drug-likeness (QED) is 0.425. The Labute approximate surface area is 217 Å². The molecule has 0 aliphatic carbocycles. The van der Waals surface area contributed by atoms with Crippen molar-refractivity contribution < 1.29 is 23.1 Å². The Hall–Kier alpha value is -2.51. The van der Waals surface area contributed by atoms with Gasteiger partial charge in [-0.2, -0.15) is 4.31 Å². The van der Waals surface area contributed by atoms with Crippen molar-refractivity contribution in [3.63, 3.8) is 0 Å². The number of nitrogens with one attached hydrogen (secondary N) is 2. The van der Waals surface area contributed by atoms with Crippen molar-refractivity contribution in [2.75, 3.05) is 46.4 Å². The fraction of sp³-hybridized carbons (Fsp3) is 0.417. The third-order valence-electron chi connectivity index (χ3n) is 6.76. The highest BCUT2D eigenvalue weighted by Crippen LogP contribution is 2.38. The number of hydrogen-bond donors (Lipinski definition) is 3. The molecule has 5 rings (SSSR count). The number of fused-ring (bicyclic) bond motifs is 1. The average Bonchev–Trinajstić information content (AvgIpc) is 3.18. The third-order valence-corrected chi connectivity index (χ3v) is 9.30. The van der Waals surface area contributed by atoms with Gasteiger partial charge in [-0.15, -0.1) is 0 Å². The first-order valence-corrected chi connectivity index (χ1v) is 14.1. The van der Waals surface area contributed by atoms with Gasteiger partial charge in [-0.25, -0.2) is 8.42 Å². The molecule has 10 nitrogen and oxygen atoms in total. The molecule has 2 aromatic heterocycles. The first kappa shape index (κ1) is 25.2. The summed E-state index contributed by atoms with van der Waals surface area (Å²) in [5.74, 6) is -0.329. The number of aromatic hydroxyl groups is 1. The van der Waals surface area contributed by atoms with Crippen LogP contribution in [0.15, 0.2) is 39.8 Å². The number of aromatic nitrogens is 2. The van der Waals surface area contributed by atoms with Gasteiger partial charge in [-0.3, -0.25) is 9.78 Å². The van der Waals surface area contributed by atoms with Crippen molar-refractivity contribution >= 4 is 42.8 Å². The lowest BCUT2D eigenvalue weighted by molar-refractivity contribution is 0.0696. The van der Waals surface area contributed by atoms with Crippen molar-refractivity contribution in [1.29, 1.82) is 0 Å². The Kier molecular flexibility index (Phi) is 7.05. The van der Waals surface area contributed by atoms with E-state index in [0.717, 1.165) is 12.8 Å². The summed E-state index contributed by atoms with van der Waals surface area (Å²) < 4.78 is 33.5. The summed E-state index contributed by atoms with van der Waals surface area (Å²) in [5.41, 5.74) is 1.85. The molecular weight excluding hydrogens is 550 g/mol. The Morgan fingerprint density at radius 2 is 1.92 bits per heavy atom. The summed E-state index contributed by atoms with van der Waals surface area (Å²) in [5, 5.41) is 14.3. The zero-order valence-corrected chi connectivity index (χ0v) is 22.2. The Bertz CT molecular complexity index is 1380. The maximum atomic E-state index is 13.0. The Morgan fingerprint density at radius 1 is 1.19 bits per heavy atom. The van der Waals surface area contributed by atoms with Gasteiger partial charge in [0.1, 0.15) is 4.90 Å². The molecule has 2 fully saturated rings. The predicted octanol–water partition coefficient (Wildman–Crippen LogP) is 2.54. The summed E-state index contributed by atoms with van der Waals surface area (Å²) in [6.07, 6.45) is 2.84. The van der Waals surface area contributed by atoms with Gasteiger partial charge in [-0.1, -0.05) is 0 Å². The lowest BCUT2D eigenvalue weighted by Crippen LogP contribution is -2.47. The van der Waals surface area contributed by atoms with E-state index in [1.165, 1.54) is 16.6 Å². The van der Waals surface area contributed by atoms with E-state index < -0.39 is 10.0 Å². The highest BCUT2D eigenvalue weighted by molar-refractivity contribution is 9.10. The second kappa shape index (κ2) is 10.1. The molecule has 0 radical (unpaired) electrons. The van der Waals surface area contributed by atoms with E-state index >= 15 is 0 Å². The van der Waals surface area contributed by atoms with Gasteiger partial charge in [0.15, 0.2) is 5.88 Å². The average molecular weight is 578 g/mol. The van der Waals surface area contributed by atoms with Crippen LogP contribution in [0, 0.1) is 0 Å². The van der Waals surface area contributed by atoms with Gasteiger partial charge in [-0.05, 0) is 60.1 Å². The number of likely N-dealkylation sites (N-methyl/N-ethyl adjacent to an activating group) is 1. The molecule has 1 amide bonds. The normalized spacial score (nSPS) is 18.5. The molecule has 2 aliphatic heterocycles. The van der Waals surface area contributed by atoms with Gasteiger partial charge < -0.3 is 25.0 Å². The van der Waals surface area contributed by atoms with E-state index in [4.69, 9.17) is 4.74 Å². The molecule has 192 valence electrons. The molecular formula is C24H28BrN5O5S. The Balaban J connectivity index is 1.44. The number of hydrogen-bond acceptors (Lipinski definition) is 7. The van der Waals surface area contributed by atoms with Crippen LogP contribution in [0.5, 0.6) is 5.88 Å². The van der Waals surface area contributed by atoms with Gasteiger partial charge in [0.25, 0.3) is 5.91 Å². The number of ether oxygens (including phenoxy) is 1. The number of carbonyl (C=O) groups excluding carboxylic acids is 1. The maximum absolute atomic E-state index is 13.0. The second-order valence-electron chi connectivity index (χ2n) is 9.17. The number of amides is 1. The lowest BCUT2D eigenvalue weighted by atomic mass is 10.0. The molecule has 0 saturated carbocycles. The van der Waals surface area contributed by atoms with Crippen molar-refractivity contribution in [2.45, 2.75) is 23.8 Å². The number of rotatable bonds is 5. The van der Waals surface area contributed by atoms with E-state index in [9.17, 15) is 18.3 Å². The highest BCUT2D eigenvalue weighted by Gasteiger charge is 2.28. The molecule has 0 spiro atoms. The zero-order chi connectivity index (χ0) is 25.4. The van der Waals surface area contributed by atoms with Crippen molar-refractivity contribution in [1.82, 2.24) is 24.5 Å². The number of carbonyl (C=O) groups is 1. The fourth-order valence-corrected chi connectivity index (χ4v) is 6.49. The standard InChI is InChI=1S/C24H28BrN5O5S/c1-29-6-8-30(9-7-29)36(33,34)16-2-3-20(26-14-16)22-18-12-17(19(25)13-21(18)28-24(22)32)23(31)27-15-4-10-35-11-5-15/h2-3,12-15,28,32H,4-11H2,1H3,(H,27,31). The summed E-state index contributed by atoms with van der Waals surface area (Å²) in [6, 6.07) is 6.57. The minimum atomic E-state index is -3.66. The summed E-state index contributed by atoms with van der Waals surface area (Å²) in [6.45, 7) is 3.44. The van der Waals surface area contributed by atoms with E-state index in [1.807, 2.05) is 7.05 Å². The number of H-pyrrole nitrogens is 1. The number of nitrogens with zero attached hydrogens (tertiary/aromatic N) is 3. The van der Waals surface area contributed by atoms with Crippen LogP contribution in [0.3, 0.4) is 0 Å². The molecule has 36 heavy (non-hydrogen) atoms. The summed E-state index contributed by atoms with van der Waals surface area (Å²) in [4.78, 5) is 22.5. The first-order chi connectivity index (χ1) is 17.2. The number of sulfonamides is 1. The van der Waals surface area contributed by atoms with Crippen LogP contribution in [0.2, 0.25) is 0 Å². The zero-order valence-electron chi connectivity index (χ0n) is 19.8. The smallest absolute Gasteiger partial charge is 0.252 e. The van der Waals surface area contributed by atoms with Gasteiger partial charge in [0.2, 0.25) is 10.0 Å². The number of piperazine rings is 1. The highest BCUT2D eigenvalue weighted by atomic mass is 79.9. The van der Waals surface area contributed by atoms with Crippen LogP contribution >= 0.6 is 15.9 Å². The van der Waals surface area contributed by atoms with E-state index in [0.29, 0.717) is 71.6 Å². The predicted molar refractivity (Wildman–Crippen MR) is 138 cm³/mol. The molecule has 4 heterocycles. The van der Waals surface area contributed by atoms with E-state index in [-0.39, 0.29) is 22.7 Å². The maximum Gasteiger partial charge on any atom is 0.252 e. The van der Waals surface area contributed by atoms with Gasteiger partial charge in [0, 0.05) is 61.5 Å². The van der Waals surface area contributed by atoms with Crippen molar-refractivity contribution in [3.8, 4) is 17.1 Å². The third kappa shape index (κ3) is 4.88. The number of halogens is 1. The molecule has 2 aliphatic rings. The largest absolute Gasteiger partial charge is 0.494 e. The van der Waals surface area contributed by atoms with Crippen molar-refractivity contribution in [3.05, 3.63) is 40.5 Å². The molecule has 3 aromatic rings. The van der Waals surface area contributed by atoms with Crippen LogP contribution in [0.25, 0.3) is 22.2 Å². The van der Waals surface area contributed by atoms with E-state index in [2.05, 4.69) is 36.1 Å². The minimum absolute atomic E-state index is 0.0457. The summed E-state index contributed by atoms with van der Waals surface area (Å²) >= 11 is 3.47. The SMILES string of the molecule is CN1CCN(S(=O)(=O)c2ccc(-c3c(O)[nH]c4cc(Br)c(C(=O)NC5CCOCC5)cc34)nc2)CC1. The minimum Gasteiger partial charge on any atom is -0.494 e. The van der Waals surface area contributed by atoms with Gasteiger partial charge in [0.05, 0.1) is 22.3 Å². The molecule has 0 bridgehead atoms. The molecule has 1 aromatic carbocycles. The fourth-order valence-electron chi connectivity index (χ4n) is 4.60. The summed E-state index contributed by atoms with van der Waals surface area (Å²) in [7, 11) is -1.69. The van der Waals surface area contributed by atoms with Crippen molar-refractivity contribution in [2.24, 2.45) is 0 Å². The molecule has 0 atom stereocenters. The Morgan fingerprint density at radius 3 is 2.58 bits per heavy atom. The van der Waals surface area contributed by atoms with Crippen LogP contribution in [-0.4, -0.2) is 91.1 Å². The molecule has 3 N–H and O–H groups in total. The number of pyridine rings is 1. The lowest BCUT2D eigenvalue weighted by Gasteiger charge is -2.31. The van der Waals surface area contributed by atoms with Gasteiger partial charge >= 0.3 is 0 Å².